The molecule has 0 aliphatic heterocycles. The van der Waals surface area contributed by atoms with Gasteiger partial charge >= 0.3 is 0 Å². The van der Waals surface area contributed by atoms with Crippen molar-refractivity contribution in [1.29, 1.82) is 5.26 Å². The molecule has 0 radical (unpaired) electrons. The summed E-state index contributed by atoms with van der Waals surface area (Å²) in [5.41, 5.74) is 2.53. The van der Waals surface area contributed by atoms with E-state index in [4.69, 9.17) is 5.26 Å². The number of benzene rings is 1. The fourth-order valence-electron chi connectivity index (χ4n) is 2.08. The number of hydrogen-bond acceptors (Lipinski definition) is 3. The van der Waals surface area contributed by atoms with Crippen LogP contribution >= 0.6 is 0 Å². The molecular weight excluding hydrogens is 222 g/mol. The summed E-state index contributed by atoms with van der Waals surface area (Å²) in [5.74, 6) is 0. The summed E-state index contributed by atoms with van der Waals surface area (Å²) < 4.78 is 0. The molecular formula is C15H9N3. The lowest BCUT2D eigenvalue weighted by Crippen LogP contribution is -1.87. The summed E-state index contributed by atoms with van der Waals surface area (Å²) in [6.45, 7) is 0. The number of nitrogens with zero attached hydrogens (tertiary/aromatic N) is 3. The van der Waals surface area contributed by atoms with Crippen molar-refractivity contribution in [3.63, 3.8) is 0 Å². The molecule has 0 aliphatic rings. The average molecular weight is 231 g/mol. The maximum absolute atomic E-state index is 9.15. The molecule has 0 amide bonds. The van der Waals surface area contributed by atoms with Crippen LogP contribution in [-0.4, -0.2) is 9.97 Å². The van der Waals surface area contributed by atoms with Crippen molar-refractivity contribution in [1.82, 2.24) is 9.97 Å². The van der Waals surface area contributed by atoms with E-state index < -0.39 is 0 Å². The molecule has 0 saturated heterocycles. The first-order valence-electron chi connectivity index (χ1n) is 5.57. The van der Waals surface area contributed by atoms with Crippen LogP contribution in [-0.2, 0) is 0 Å². The van der Waals surface area contributed by atoms with E-state index in [0.29, 0.717) is 5.56 Å². The number of pyridine rings is 2. The fraction of sp³-hybridized carbons (Fsp3) is 0. The van der Waals surface area contributed by atoms with E-state index >= 15 is 0 Å². The van der Waals surface area contributed by atoms with Crippen molar-refractivity contribution in [3.8, 4) is 17.2 Å². The summed E-state index contributed by atoms with van der Waals surface area (Å²) in [6, 6.07) is 12.0. The van der Waals surface area contributed by atoms with Crippen LogP contribution in [0.2, 0.25) is 0 Å². The first-order valence-corrected chi connectivity index (χ1v) is 5.57. The fourth-order valence-corrected chi connectivity index (χ4v) is 2.08. The van der Waals surface area contributed by atoms with Crippen LogP contribution < -0.4 is 0 Å². The lowest BCUT2D eigenvalue weighted by molar-refractivity contribution is 1.30. The quantitative estimate of drug-likeness (QED) is 0.646. The molecule has 3 heteroatoms. The largest absolute Gasteiger partial charge is 0.264 e. The van der Waals surface area contributed by atoms with Gasteiger partial charge in [0.25, 0.3) is 0 Å². The maximum atomic E-state index is 9.15. The molecule has 0 atom stereocenters. The van der Waals surface area contributed by atoms with Gasteiger partial charge in [0.2, 0.25) is 0 Å². The van der Waals surface area contributed by atoms with Crippen LogP contribution in [0.1, 0.15) is 5.56 Å². The third-order valence-corrected chi connectivity index (χ3v) is 2.91. The Bertz CT molecular complexity index is 752. The van der Waals surface area contributed by atoms with Crippen molar-refractivity contribution in [2.75, 3.05) is 0 Å². The second kappa shape index (κ2) is 4.27. The van der Waals surface area contributed by atoms with E-state index in [1.54, 1.807) is 18.6 Å². The Kier molecular flexibility index (Phi) is 2.47. The van der Waals surface area contributed by atoms with E-state index in [9.17, 15) is 0 Å². The minimum Gasteiger partial charge on any atom is -0.264 e. The third kappa shape index (κ3) is 1.61. The Morgan fingerprint density at radius 2 is 1.72 bits per heavy atom. The predicted octanol–water partition coefficient (Wildman–Crippen LogP) is 3.17. The molecule has 3 rings (SSSR count). The van der Waals surface area contributed by atoms with E-state index in [2.05, 4.69) is 16.0 Å². The molecule has 0 unspecified atom stereocenters. The van der Waals surface area contributed by atoms with Gasteiger partial charge in [0.1, 0.15) is 6.07 Å². The Labute approximate surface area is 104 Å². The average Bonchev–Trinajstić information content (AvgIpc) is 2.46. The second-order valence-corrected chi connectivity index (χ2v) is 3.94. The molecule has 3 aromatic rings. The van der Waals surface area contributed by atoms with Crippen LogP contribution in [0, 0.1) is 11.3 Å². The predicted molar refractivity (Wildman–Crippen MR) is 69.7 cm³/mol. The molecule has 0 spiro atoms. The summed E-state index contributed by atoms with van der Waals surface area (Å²) in [4.78, 5) is 8.10. The Morgan fingerprint density at radius 3 is 2.61 bits per heavy atom. The number of rotatable bonds is 1. The number of nitriles is 1. The second-order valence-electron chi connectivity index (χ2n) is 3.94. The monoisotopic (exact) mass is 231 g/mol. The van der Waals surface area contributed by atoms with Crippen LogP contribution in [0.4, 0.5) is 0 Å². The molecule has 3 nitrogen and oxygen atoms in total. The first-order chi connectivity index (χ1) is 8.90. The molecule has 0 bridgehead atoms. The zero-order chi connectivity index (χ0) is 12.4. The molecule has 18 heavy (non-hydrogen) atoms. The van der Waals surface area contributed by atoms with Crippen molar-refractivity contribution in [2.45, 2.75) is 0 Å². The van der Waals surface area contributed by atoms with Crippen LogP contribution in [0.3, 0.4) is 0 Å². The number of aromatic nitrogens is 2. The third-order valence-electron chi connectivity index (χ3n) is 2.91. The van der Waals surface area contributed by atoms with E-state index in [0.717, 1.165) is 21.9 Å². The molecule has 1 aromatic carbocycles. The Hall–Kier alpha value is -2.73. The Morgan fingerprint density at radius 1 is 0.889 bits per heavy atom. The zero-order valence-corrected chi connectivity index (χ0v) is 9.54. The van der Waals surface area contributed by atoms with E-state index in [1.165, 1.54) is 0 Å². The van der Waals surface area contributed by atoms with E-state index in [1.807, 2.05) is 36.5 Å². The normalized spacial score (nSPS) is 10.2. The number of fused-ring (bicyclic) bond motifs is 1. The van der Waals surface area contributed by atoms with Crippen LogP contribution in [0.15, 0.2) is 55.1 Å². The topological polar surface area (TPSA) is 49.6 Å². The SMILES string of the molecule is N#Cc1cnccc1-c1cccc2cnccc12. The molecule has 0 N–H and O–H groups in total. The highest BCUT2D eigenvalue weighted by Gasteiger charge is 2.07. The van der Waals surface area contributed by atoms with Gasteiger partial charge in [0.15, 0.2) is 0 Å². The zero-order valence-electron chi connectivity index (χ0n) is 9.54. The van der Waals surface area contributed by atoms with E-state index in [-0.39, 0.29) is 0 Å². The van der Waals surface area contributed by atoms with Crippen molar-refractivity contribution in [3.05, 3.63) is 60.7 Å². The van der Waals surface area contributed by atoms with Gasteiger partial charge in [-0.25, -0.2) is 0 Å². The van der Waals surface area contributed by atoms with Gasteiger partial charge in [-0.2, -0.15) is 5.26 Å². The minimum atomic E-state index is 0.585. The summed E-state index contributed by atoms with van der Waals surface area (Å²) >= 11 is 0. The van der Waals surface area contributed by atoms with Crippen molar-refractivity contribution in [2.24, 2.45) is 0 Å². The lowest BCUT2D eigenvalue weighted by atomic mass is 9.97. The van der Waals surface area contributed by atoms with Gasteiger partial charge in [-0.15, -0.1) is 0 Å². The highest BCUT2D eigenvalue weighted by molar-refractivity contribution is 5.97. The van der Waals surface area contributed by atoms with Gasteiger partial charge in [-0.3, -0.25) is 9.97 Å². The lowest BCUT2D eigenvalue weighted by Gasteiger charge is -2.07. The maximum Gasteiger partial charge on any atom is 0.101 e. The standard InChI is InChI=1S/C15H9N3/c16-8-12-10-18-7-5-14(12)15-3-1-2-11-9-17-6-4-13(11)15/h1-7,9-10H. The van der Waals surface area contributed by atoms with Gasteiger partial charge in [-0.05, 0) is 23.1 Å². The first kappa shape index (κ1) is 10.4. The van der Waals surface area contributed by atoms with Gasteiger partial charge in [0, 0.05) is 35.7 Å². The molecule has 0 fully saturated rings. The van der Waals surface area contributed by atoms with Crippen molar-refractivity contribution >= 4 is 10.8 Å². The Balaban J connectivity index is 2.36. The molecule has 0 saturated carbocycles. The van der Waals surface area contributed by atoms with Gasteiger partial charge in [-0.1, -0.05) is 18.2 Å². The van der Waals surface area contributed by atoms with Crippen LogP contribution in [0.25, 0.3) is 21.9 Å². The van der Waals surface area contributed by atoms with Crippen molar-refractivity contribution < 1.29 is 0 Å². The molecule has 2 heterocycles. The number of hydrogen-bond donors (Lipinski definition) is 0. The highest BCUT2D eigenvalue weighted by atomic mass is 14.6. The minimum absolute atomic E-state index is 0.585. The van der Waals surface area contributed by atoms with Gasteiger partial charge < -0.3 is 0 Å². The van der Waals surface area contributed by atoms with Gasteiger partial charge in [0.05, 0.1) is 5.56 Å². The summed E-state index contributed by atoms with van der Waals surface area (Å²) in [5, 5.41) is 11.3. The smallest absolute Gasteiger partial charge is 0.101 e. The summed E-state index contributed by atoms with van der Waals surface area (Å²) in [7, 11) is 0. The molecule has 84 valence electrons. The summed E-state index contributed by atoms with van der Waals surface area (Å²) in [6.07, 6.45) is 6.89. The molecule has 0 aliphatic carbocycles. The highest BCUT2D eigenvalue weighted by Crippen LogP contribution is 2.29. The van der Waals surface area contributed by atoms with Crippen LogP contribution in [0.5, 0.6) is 0 Å². The molecule has 2 aromatic heterocycles.